The molecule has 7 N–H and O–H groups in total. The van der Waals surface area contributed by atoms with E-state index < -0.39 is 31.0 Å². The summed E-state index contributed by atoms with van der Waals surface area (Å²) in [5.74, 6) is 0.988. The molecular weight excluding hydrogens is 612 g/mol. The summed E-state index contributed by atoms with van der Waals surface area (Å²) in [4.78, 5) is 0. The lowest BCUT2D eigenvalue weighted by molar-refractivity contribution is -0.114. The van der Waals surface area contributed by atoms with Crippen molar-refractivity contribution in [3.8, 4) is 34.4 Å². The monoisotopic (exact) mass is 648 g/mol. The van der Waals surface area contributed by atoms with Crippen LogP contribution in [0.25, 0.3) is 11.1 Å². The minimum absolute atomic E-state index is 0.143. The van der Waals surface area contributed by atoms with Gasteiger partial charge in [0.05, 0.1) is 29.4 Å². The van der Waals surface area contributed by atoms with Gasteiger partial charge in [0.15, 0.2) is 0 Å². The lowest BCUT2D eigenvalue weighted by Crippen LogP contribution is -2.48. The Kier molecular flexibility index (Phi) is 12.4. The number of ether oxygens (including phenoxy) is 2. The van der Waals surface area contributed by atoms with Crippen LogP contribution in [-0.4, -0.2) is 68.2 Å². The molecule has 0 radical (unpaired) electrons. The molecule has 0 heterocycles. The van der Waals surface area contributed by atoms with E-state index in [1.54, 1.807) is 42.5 Å². The van der Waals surface area contributed by atoms with Crippen LogP contribution in [0.5, 0.6) is 17.2 Å². The van der Waals surface area contributed by atoms with Crippen molar-refractivity contribution in [2.45, 2.75) is 51.1 Å². The van der Waals surface area contributed by atoms with Gasteiger partial charge in [-0.05, 0) is 65.1 Å². The second-order valence-corrected chi connectivity index (χ2v) is 11.3. The normalized spacial score (nSPS) is 13.8. The zero-order valence-corrected chi connectivity index (χ0v) is 25.9. The molecule has 0 aliphatic heterocycles. The fourth-order valence-electron chi connectivity index (χ4n) is 4.84. The van der Waals surface area contributed by atoms with Gasteiger partial charge in [0.25, 0.3) is 0 Å². The second-order valence-electron chi connectivity index (χ2n) is 10.8. The number of aliphatic hydroxyl groups is 5. The van der Waals surface area contributed by atoms with Gasteiger partial charge in [0, 0.05) is 24.7 Å². The van der Waals surface area contributed by atoms with Crippen molar-refractivity contribution >= 4 is 11.6 Å². The molecular formula is C35H37ClN2O8. The maximum absolute atomic E-state index is 10.3. The number of aromatic hydroxyl groups is 1. The predicted octanol–water partition coefficient (Wildman–Crippen LogP) is 3.58. The highest BCUT2D eigenvalue weighted by molar-refractivity contribution is 6.32. The van der Waals surface area contributed by atoms with Crippen LogP contribution < -0.4 is 14.8 Å². The first-order valence-electron chi connectivity index (χ1n) is 14.6. The zero-order chi connectivity index (χ0) is 33.2. The van der Waals surface area contributed by atoms with E-state index in [-0.39, 0.29) is 32.1 Å². The summed E-state index contributed by atoms with van der Waals surface area (Å²) in [6, 6.07) is 25.3. The van der Waals surface area contributed by atoms with E-state index in [2.05, 4.69) is 11.4 Å². The average Bonchev–Trinajstić information content (AvgIpc) is 3.07. The molecule has 242 valence electrons. The second kappa shape index (κ2) is 16.4. The van der Waals surface area contributed by atoms with Crippen LogP contribution in [0, 0.1) is 18.3 Å². The maximum Gasteiger partial charge on any atom is 0.142 e. The molecule has 0 fully saturated rings. The molecule has 0 bridgehead atoms. The van der Waals surface area contributed by atoms with Crippen LogP contribution in [0.15, 0.2) is 78.9 Å². The van der Waals surface area contributed by atoms with Crippen molar-refractivity contribution in [2.24, 2.45) is 0 Å². The molecule has 0 saturated carbocycles. The first-order valence-corrected chi connectivity index (χ1v) is 15.0. The van der Waals surface area contributed by atoms with Crippen LogP contribution in [0.2, 0.25) is 5.02 Å². The highest BCUT2D eigenvalue weighted by Gasteiger charge is 2.29. The van der Waals surface area contributed by atoms with Crippen LogP contribution in [0.4, 0.5) is 0 Å². The topological polar surface area (TPSA) is 176 Å². The minimum Gasteiger partial charge on any atom is -0.508 e. The van der Waals surface area contributed by atoms with Gasteiger partial charge < -0.3 is 45.4 Å². The zero-order valence-electron chi connectivity index (χ0n) is 25.2. The molecule has 4 atom stereocenters. The van der Waals surface area contributed by atoms with Gasteiger partial charge in [-0.3, -0.25) is 0 Å². The first kappa shape index (κ1) is 34.7. The summed E-state index contributed by atoms with van der Waals surface area (Å²) in [7, 11) is 0. The van der Waals surface area contributed by atoms with Gasteiger partial charge in [0.1, 0.15) is 48.8 Å². The minimum atomic E-state index is -1.74. The molecule has 0 spiro atoms. The van der Waals surface area contributed by atoms with Gasteiger partial charge in [-0.15, -0.1) is 0 Å². The number of nitriles is 1. The Labute approximate surface area is 272 Å². The summed E-state index contributed by atoms with van der Waals surface area (Å²) in [5.41, 5.74) is 5.78. The number of halogens is 1. The lowest BCUT2D eigenvalue weighted by atomic mass is 9.97. The van der Waals surface area contributed by atoms with Crippen molar-refractivity contribution in [1.82, 2.24) is 5.32 Å². The standard InChI is InChI=1S/C35H37ClN2O8/c1-21-25(6-3-7-28(21)24-8-10-27(40)11-9-24)20-46-33-14-32(45-19-23-5-2-4-22(12-23)15-37)26(13-29(33)36)16-38-17-30(41)34(43)35(44)31(42)18-39/h2-14,30-31,34-35,38-44H,16-20H2,1H3/t30-,31+,34+,35+/m0/s1. The van der Waals surface area contributed by atoms with Crippen molar-refractivity contribution in [3.63, 3.8) is 0 Å². The van der Waals surface area contributed by atoms with E-state index in [0.29, 0.717) is 27.6 Å². The number of nitrogens with zero attached hydrogens (tertiary/aromatic N) is 1. The molecule has 0 saturated heterocycles. The molecule has 0 aliphatic rings. The Morgan fingerprint density at radius 1 is 0.826 bits per heavy atom. The molecule has 4 aromatic rings. The molecule has 11 heteroatoms. The number of hydrogen-bond donors (Lipinski definition) is 7. The summed E-state index contributed by atoms with van der Waals surface area (Å²) >= 11 is 6.65. The summed E-state index contributed by atoms with van der Waals surface area (Å²) in [6.07, 6.45) is -6.49. The number of phenolic OH excluding ortho intramolecular Hbond substituents is 1. The van der Waals surface area contributed by atoms with Gasteiger partial charge in [-0.25, -0.2) is 0 Å². The molecule has 4 rings (SSSR count). The molecule has 0 unspecified atom stereocenters. The van der Waals surface area contributed by atoms with E-state index in [1.807, 2.05) is 43.3 Å². The number of phenols is 1. The first-order chi connectivity index (χ1) is 22.1. The van der Waals surface area contributed by atoms with Gasteiger partial charge in [-0.2, -0.15) is 5.26 Å². The van der Waals surface area contributed by atoms with Gasteiger partial charge in [0.2, 0.25) is 0 Å². The molecule has 46 heavy (non-hydrogen) atoms. The Balaban J connectivity index is 1.52. The van der Waals surface area contributed by atoms with Crippen molar-refractivity contribution in [2.75, 3.05) is 13.2 Å². The van der Waals surface area contributed by atoms with Crippen molar-refractivity contribution < 1.29 is 40.1 Å². The van der Waals surface area contributed by atoms with E-state index in [9.17, 15) is 30.8 Å². The number of benzene rings is 4. The highest BCUT2D eigenvalue weighted by atomic mass is 35.5. The molecule has 0 aromatic heterocycles. The van der Waals surface area contributed by atoms with Crippen LogP contribution >= 0.6 is 11.6 Å². The van der Waals surface area contributed by atoms with Crippen LogP contribution in [-0.2, 0) is 19.8 Å². The number of aliphatic hydroxyl groups excluding tert-OH is 5. The summed E-state index contributed by atoms with van der Waals surface area (Å²) in [5, 5.41) is 71.1. The highest BCUT2D eigenvalue weighted by Crippen LogP contribution is 2.35. The maximum atomic E-state index is 10.3. The molecule has 4 aromatic carbocycles. The fourth-order valence-corrected chi connectivity index (χ4v) is 5.08. The van der Waals surface area contributed by atoms with Gasteiger partial charge >= 0.3 is 0 Å². The average molecular weight is 649 g/mol. The predicted molar refractivity (Wildman–Crippen MR) is 172 cm³/mol. The Morgan fingerprint density at radius 2 is 1.52 bits per heavy atom. The molecule has 10 nitrogen and oxygen atoms in total. The number of hydrogen-bond acceptors (Lipinski definition) is 10. The number of nitrogens with one attached hydrogen (secondary N) is 1. The molecule has 0 aliphatic carbocycles. The largest absolute Gasteiger partial charge is 0.508 e. The quantitative estimate of drug-likeness (QED) is 0.101. The van der Waals surface area contributed by atoms with Crippen LogP contribution in [0.3, 0.4) is 0 Å². The van der Waals surface area contributed by atoms with E-state index in [1.165, 1.54) is 0 Å². The Bertz CT molecular complexity index is 1640. The molecule has 0 amide bonds. The third-order valence-electron chi connectivity index (χ3n) is 7.57. The van der Waals surface area contributed by atoms with Crippen LogP contribution in [0.1, 0.15) is 27.8 Å². The van der Waals surface area contributed by atoms with Crippen molar-refractivity contribution in [1.29, 1.82) is 5.26 Å². The van der Waals surface area contributed by atoms with Gasteiger partial charge in [-0.1, -0.05) is 54.1 Å². The van der Waals surface area contributed by atoms with Crippen molar-refractivity contribution in [3.05, 3.63) is 112 Å². The smallest absolute Gasteiger partial charge is 0.142 e. The van der Waals surface area contributed by atoms with E-state index in [4.69, 9.17) is 26.2 Å². The third kappa shape index (κ3) is 8.96. The number of rotatable bonds is 15. The van der Waals surface area contributed by atoms with E-state index >= 15 is 0 Å². The van der Waals surface area contributed by atoms with E-state index in [0.717, 1.165) is 27.8 Å². The SMILES string of the molecule is Cc1c(COc2cc(OCc3cccc(C#N)c3)c(CNC[C@H](O)[C@@H](O)[C@H](O)[C@H](O)CO)cc2Cl)cccc1-c1ccc(O)cc1. The fraction of sp³-hybridized carbons (Fsp3) is 0.286. The summed E-state index contributed by atoms with van der Waals surface area (Å²) in [6.45, 7) is 1.56. The lowest BCUT2D eigenvalue weighted by Gasteiger charge is -2.26. The summed E-state index contributed by atoms with van der Waals surface area (Å²) < 4.78 is 12.3. The third-order valence-corrected chi connectivity index (χ3v) is 7.86. The Morgan fingerprint density at radius 3 is 2.24 bits per heavy atom. The Hall–Kier alpha value is -4.18.